The lowest BCUT2D eigenvalue weighted by Crippen LogP contribution is -2.28. The second kappa shape index (κ2) is 10.6. The predicted octanol–water partition coefficient (Wildman–Crippen LogP) is 3.29. The number of sulfonamides is 1. The topological polar surface area (TPSA) is 98.5 Å². The average Bonchev–Trinajstić information content (AvgIpc) is 2.78. The molecular weight excluding hydrogens is 412 g/mol. The predicted molar refractivity (Wildman–Crippen MR) is 121 cm³/mol. The maximum absolute atomic E-state index is 12.3. The van der Waals surface area contributed by atoms with Gasteiger partial charge in [-0.2, -0.15) is 0 Å². The molecule has 0 aliphatic rings. The summed E-state index contributed by atoms with van der Waals surface area (Å²) in [5.74, 6) is -0.0263. The summed E-state index contributed by atoms with van der Waals surface area (Å²) in [7, 11) is -3.94. The van der Waals surface area contributed by atoms with Crippen LogP contribution in [0.15, 0.2) is 89.8 Å². The molecule has 0 bridgehead atoms. The summed E-state index contributed by atoms with van der Waals surface area (Å²) < 4.78 is 32.5. The number of rotatable bonds is 9. The minimum atomic E-state index is -3.94. The summed E-state index contributed by atoms with van der Waals surface area (Å²) in [5.41, 5.74) is 8.23. The van der Waals surface area contributed by atoms with E-state index in [1.165, 1.54) is 24.3 Å². The van der Waals surface area contributed by atoms with Crippen LogP contribution in [-0.4, -0.2) is 20.9 Å². The van der Waals surface area contributed by atoms with Crippen LogP contribution in [0.25, 0.3) is 6.08 Å². The van der Waals surface area contributed by atoms with Gasteiger partial charge in [0.15, 0.2) is 0 Å². The van der Waals surface area contributed by atoms with Crippen molar-refractivity contribution >= 4 is 22.0 Å². The molecular formula is C24H24N2O4S. The number of hydrogen-bond donors (Lipinski definition) is 2. The highest BCUT2D eigenvalue weighted by atomic mass is 32.2. The number of carbonyl (C=O) groups excluding carboxylic acids is 1. The summed E-state index contributed by atoms with van der Waals surface area (Å²) in [6.45, 7) is 0.942. The summed E-state index contributed by atoms with van der Waals surface area (Å²) in [6.07, 6.45) is 3.38. The molecule has 1 amide bonds. The Kier molecular flexibility index (Phi) is 7.59. The number of benzene rings is 3. The molecule has 0 fully saturated rings. The molecule has 3 aromatic rings. The third kappa shape index (κ3) is 6.80. The summed E-state index contributed by atoms with van der Waals surface area (Å²) in [5, 5.41) is 0. The van der Waals surface area contributed by atoms with Gasteiger partial charge in [-0.15, -0.1) is 0 Å². The summed E-state index contributed by atoms with van der Waals surface area (Å²) in [4.78, 5) is 12.1. The number of carbonyl (C=O) groups is 1. The first-order valence-electron chi connectivity index (χ1n) is 9.77. The Hall–Kier alpha value is -3.42. The van der Waals surface area contributed by atoms with E-state index < -0.39 is 15.9 Å². The van der Waals surface area contributed by atoms with Gasteiger partial charge in [-0.3, -0.25) is 4.79 Å². The molecule has 0 unspecified atom stereocenters. The van der Waals surface area contributed by atoms with Crippen molar-refractivity contribution in [1.82, 2.24) is 4.72 Å². The molecule has 0 aliphatic carbocycles. The fourth-order valence-corrected chi connectivity index (χ4v) is 3.76. The molecule has 160 valence electrons. The fourth-order valence-electron chi connectivity index (χ4n) is 2.82. The molecule has 0 heterocycles. The quantitative estimate of drug-likeness (QED) is 0.502. The van der Waals surface area contributed by atoms with Crippen LogP contribution < -0.4 is 15.2 Å². The highest BCUT2D eigenvalue weighted by Crippen LogP contribution is 2.15. The van der Waals surface area contributed by atoms with E-state index in [1.54, 1.807) is 36.4 Å². The van der Waals surface area contributed by atoms with Gasteiger partial charge in [0, 0.05) is 6.08 Å². The van der Waals surface area contributed by atoms with E-state index >= 15 is 0 Å². The van der Waals surface area contributed by atoms with Crippen LogP contribution in [0.2, 0.25) is 0 Å². The van der Waals surface area contributed by atoms with E-state index in [1.807, 2.05) is 35.1 Å². The van der Waals surface area contributed by atoms with Crippen molar-refractivity contribution in [2.45, 2.75) is 17.9 Å². The number of nitrogens with one attached hydrogen (secondary N) is 1. The van der Waals surface area contributed by atoms with Crippen molar-refractivity contribution in [1.29, 1.82) is 0 Å². The Morgan fingerprint density at radius 2 is 1.58 bits per heavy atom. The van der Waals surface area contributed by atoms with Crippen molar-refractivity contribution in [2.24, 2.45) is 5.73 Å². The molecule has 0 saturated heterocycles. The first kappa shape index (κ1) is 22.3. The van der Waals surface area contributed by atoms with E-state index in [-0.39, 0.29) is 4.90 Å². The highest BCUT2D eigenvalue weighted by Gasteiger charge is 2.15. The van der Waals surface area contributed by atoms with E-state index in [0.717, 1.165) is 16.7 Å². The van der Waals surface area contributed by atoms with Gasteiger partial charge in [-0.25, -0.2) is 13.1 Å². The Balaban J connectivity index is 1.55. The molecule has 3 aromatic carbocycles. The molecule has 0 aliphatic heterocycles. The average molecular weight is 437 g/mol. The number of nitrogens with two attached hydrogens (primary N) is 1. The summed E-state index contributed by atoms with van der Waals surface area (Å²) in [6, 6.07) is 23.3. The molecule has 0 atom stereocenters. The number of amides is 1. The Morgan fingerprint density at radius 3 is 2.23 bits per heavy atom. The Morgan fingerprint density at radius 1 is 0.903 bits per heavy atom. The lowest BCUT2D eigenvalue weighted by molar-refractivity contribution is -0.114. The van der Waals surface area contributed by atoms with Gasteiger partial charge in [0.1, 0.15) is 12.4 Å². The van der Waals surface area contributed by atoms with Crippen molar-refractivity contribution in [3.05, 3.63) is 102 Å². The molecule has 3 N–H and O–H groups in total. The second-order valence-corrected chi connectivity index (χ2v) is 8.51. The Labute approximate surface area is 182 Å². The minimum absolute atomic E-state index is 0.0231. The number of ether oxygens (including phenoxy) is 1. The summed E-state index contributed by atoms with van der Waals surface area (Å²) >= 11 is 0. The molecule has 31 heavy (non-hydrogen) atoms. The van der Waals surface area contributed by atoms with Crippen LogP contribution in [0.4, 0.5) is 0 Å². The first-order valence-corrected chi connectivity index (χ1v) is 11.3. The van der Waals surface area contributed by atoms with Gasteiger partial charge in [0.05, 0.1) is 4.90 Å². The van der Waals surface area contributed by atoms with Gasteiger partial charge in [-0.1, -0.05) is 54.6 Å². The maximum Gasteiger partial charge on any atom is 0.264 e. The van der Waals surface area contributed by atoms with E-state index in [0.29, 0.717) is 25.3 Å². The fraction of sp³-hybridized carbons (Fsp3) is 0.125. The zero-order valence-corrected chi connectivity index (χ0v) is 17.7. The van der Waals surface area contributed by atoms with Crippen LogP contribution in [-0.2, 0) is 27.8 Å². The van der Waals surface area contributed by atoms with E-state index in [2.05, 4.69) is 0 Å². The molecule has 0 aromatic heterocycles. The van der Waals surface area contributed by atoms with Crippen LogP contribution >= 0.6 is 0 Å². The molecule has 7 heteroatoms. The largest absolute Gasteiger partial charge is 0.489 e. The highest BCUT2D eigenvalue weighted by molar-refractivity contribution is 7.90. The molecule has 0 spiro atoms. The molecule has 0 saturated carbocycles. The van der Waals surface area contributed by atoms with Gasteiger partial charge in [0.25, 0.3) is 15.9 Å². The van der Waals surface area contributed by atoms with E-state index in [9.17, 15) is 13.2 Å². The zero-order chi connectivity index (χ0) is 22.1. The lowest BCUT2D eigenvalue weighted by Gasteiger charge is -2.07. The second-order valence-electron chi connectivity index (χ2n) is 6.83. The zero-order valence-electron chi connectivity index (χ0n) is 16.9. The van der Waals surface area contributed by atoms with Gasteiger partial charge in [-0.05, 0) is 60.0 Å². The van der Waals surface area contributed by atoms with Crippen LogP contribution in [0.5, 0.6) is 5.75 Å². The number of hydrogen-bond acceptors (Lipinski definition) is 5. The van der Waals surface area contributed by atoms with Crippen LogP contribution in [0, 0.1) is 0 Å². The third-order valence-corrected chi connectivity index (χ3v) is 5.82. The van der Waals surface area contributed by atoms with Crippen LogP contribution in [0.1, 0.15) is 16.7 Å². The minimum Gasteiger partial charge on any atom is -0.489 e. The van der Waals surface area contributed by atoms with Gasteiger partial charge < -0.3 is 10.5 Å². The van der Waals surface area contributed by atoms with Crippen molar-refractivity contribution in [3.8, 4) is 5.75 Å². The van der Waals surface area contributed by atoms with Crippen molar-refractivity contribution in [2.75, 3.05) is 6.54 Å². The van der Waals surface area contributed by atoms with E-state index in [4.69, 9.17) is 10.5 Å². The lowest BCUT2D eigenvalue weighted by atomic mass is 10.2. The molecule has 6 nitrogen and oxygen atoms in total. The standard InChI is InChI=1S/C24H24N2O4S/c25-17-16-20-8-13-23(14-9-20)31(28,29)26-24(27)15-10-19-6-11-22(12-7-19)30-18-21-4-2-1-3-5-21/h1-15H,16-18,25H2,(H,26,27)/b15-10+. The first-order chi connectivity index (χ1) is 15.0. The van der Waals surface area contributed by atoms with Crippen LogP contribution in [0.3, 0.4) is 0 Å². The maximum atomic E-state index is 12.3. The SMILES string of the molecule is NCCc1ccc(S(=O)(=O)NC(=O)/C=C/c2ccc(OCc3ccccc3)cc2)cc1. The smallest absolute Gasteiger partial charge is 0.264 e. The Bertz CT molecular complexity index is 1120. The third-order valence-electron chi connectivity index (χ3n) is 4.46. The van der Waals surface area contributed by atoms with Gasteiger partial charge in [0.2, 0.25) is 0 Å². The monoisotopic (exact) mass is 436 g/mol. The normalized spacial score (nSPS) is 11.4. The van der Waals surface area contributed by atoms with Crippen molar-refractivity contribution < 1.29 is 17.9 Å². The van der Waals surface area contributed by atoms with Gasteiger partial charge >= 0.3 is 0 Å². The molecule has 0 radical (unpaired) electrons. The molecule has 3 rings (SSSR count). The van der Waals surface area contributed by atoms with Crippen molar-refractivity contribution in [3.63, 3.8) is 0 Å².